The Hall–Kier alpha value is -0.833. The van der Waals surface area contributed by atoms with Gasteiger partial charge in [0.05, 0.1) is 33.0 Å². The summed E-state index contributed by atoms with van der Waals surface area (Å²) in [5, 5.41) is 2.65. The molecule has 0 saturated heterocycles. The Morgan fingerprint density at radius 3 is 1.60 bits per heavy atom. The molecule has 9 nitrogen and oxygen atoms in total. The third kappa shape index (κ3) is 8.90. The first-order valence-electron chi connectivity index (χ1n) is 12.0. The van der Waals surface area contributed by atoms with E-state index >= 15 is 0 Å². The second-order valence-electron chi connectivity index (χ2n) is 9.34. The fraction of sp³-hybridized carbons (Fsp3) is 0.696. The summed E-state index contributed by atoms with van der Waals surface area (Å²) >= 11 is 0. The van der Waals surface area contributed by atoms with Gasteiger partial charge < -0.3 is 27.8 Å². The van der Waals surface area contributed by atoms with Crippen molar-refractivity contribution in [3.05, 3.63) is 35.4 Å². The van der Waals surface area contributed by atoms with Crippen LogP contribution in [0.1, 0.15) is 64.4 Å². The molecule has 0 fully saturated rings. The molecule has 0 atom stereocenters. The summed E-state index contributed by atoms with van der Waals surface area (Å²) in [5.41, 5.74) is -0.416. The molecule has 0 aromatic heterocycles. The Labute approximate surface area is 211 Å². The van der Waals surface area contributed by atoms with Gasteiger partial charge in [-0.2, -0.15) is 0 Å². The summed E-state index contributed by atoms with van der Waals surface area (Å²) in [6.07, 6.45) is 0. The third-order valence-corrected chi connectivity index (χ3v) is 15.8. The molecule has 0 bridgehead atoms. The molecular formula is C23H43NO8P2Si. The van der Waals surface area contributed by atoms with Crippen LogP contribution in [-0.4, -0.2) is 46.2 Å². The van der Waals surface area contributed by atoms with Crippen LogP contribution in [0.4, 0.5) is 0 Å². The van der Waals surface area contributed by atoms with Crippen molar-refractivity contribution in [3.63, 3.8) is 0 Å². The molecule has 1 aromatic carbocycles. The van der Waals surface area contributed by atoms with E-state index in [-0.39, 0.29) is 37.0 Å². The first-order valence-corrected chi connectivity index (χ1v) is 18.1. The van der Waals surface area contributed by atoms with Gasteiger partial charge in [-0.15, -0.1) is 0 Å². The van der Waals surface area contributed by atoms with Crippen LogP contribution in [0.15, 0.2) is 24.3 Å². The largest absolute Gasteiger partial charge is 0.413 e. The molecule has 1 aromatic rings. The summed E-state index contributed by atoms with van der Waals surface area (Å²) in [6.45, 7) is 17.9. The number of carbonyl (C=O) groups excluding carboxylic acids is 1. The third-order valence-electron chi connectivity index (χ3n) is 5.72. The lowest BCUT2D eigenvalue weighted by Crippen LogP contribution is -2.40. The van der Waals surface area contributed by atoms with Crippen LogP contribution >= 0.6 is 15.2 Å². The van der Waals surface area contributed by atoms with Crippen molar-refractivity contribution in [2.75, 3.05) is 26.4 Å². The second kappa shape index (κ2) is 13.6. The minimum absolute atomic E-state index is 0.0187. The Morgan fingerprint density at radius 1 is 0.857 bits per heavy atom. The van der Waals surface area contributed by atoms with E-state index in [1.807, 2.05) is 0 Å². The molecule has 0 spiro atoms. The number of hydrogen-bond acceptors (Lipinski definition) is 8. The number of nitrogens with one attached hydrogen (secondary N) is 1. The number of amides is 1. The van der Waals surface area contributed by atoms with Crippen LogP contribution in [0.25, 0.3) is 0 Å². The molecule has 0 unspecified atom stereocenters. The minimum atomic E-state index is -4.10. The Balaban J connectivity index is 3.19. The number of rotatable bonds is 15. The molecule has 35 heavy (non-hydrogen) atoms. The highest BCUT2D eigenvalue weighted by Crippen LogP contribution is 2.69. The summed E-state index contributed by atoms with van der Waals surface area (Å²) in [7, 11) is -10.1. The normalized spacial score (nSPS) is 13.3. The molecule has 0 radical (unpaired) electrons. The number of benzene rings is 1. The van der Waals surface area contributed by atoms with Crippen molar-refractivity contribution >= 4 is 29.4 Å². The van der Waals surface area contributed by atoms with Gasteiger partial charge in [-0.1, -0.05) is 32.9 Å². The zero-order valence-corrected chi connectivity index (χ0v) is 25.4. The summed E-state index contributed by atoms with van der Waals surface area (Å²) in [6, 6.07) is 6.86. The predicted molar refractivity (Wildman–Crippen MR) is 141 cm³/mol. The lowest BCUT2D eigenvalue weighted by Gasteiger charge is -2.36. The standard InChI is InChI=1S/C23H43NO8P2Si/c1-10-28-33(26,29-11-2)22(34(27,30-12-3)31-13-4)24-21(25)20-16-14-19(15-17-20)18-32-35(8,9)23(5,6)7/h14-17,22H,10-13,18H2,1-9H3,(H,24,25). The zero-order chi connectivity index (χ0) is 26.9. The SMILES string of the molecule is CCOP(=O)(OCC)C(NC(=O)c1ccc(CO[Si](C)(C)C(C)(C)C)cc1)P(=O)(OCC)OCC. The van der Waals surface area contributed by atoms with E-state index in [4.69, 9.17) is 22.5 Å². The van der Waals surface area contributed by atoms with Crippen LogP contribution in [0, 0.1) is 0 Å². The van der Waals surface area contributed by atoms with Gasteiger partial charge >= 0.3 is 15.2 Å². The van der Waals surface area contributed by atoms with Crippen molar-refractivity contribution in [2.45, 2.75) is 78.7 Å². The van der Waals surface area contributed by atoms with Crippen LogP contribution in [0.5, 0.6) is 0 Å². The average Bonchev–Trinajstić information content (AvgIpc) is 2.76. The number of hydrogen-bond donors (Lipinski definition) is 1. The fourth-order valence-electron chi connectivity index (χ4n) is 2.84. The van der Waals surface area contributed by atoms with Gasteiger partial charge in [0, 0.05) is 5.56 Å². The van der Waals surface area contributed by atoms with Gasteiger partial charge in [0.1, 0.15) is 0 Å². The first-order chi connectivity index (χ1) is 16.2. The average molecular weight is 552 g/mol. The maximum absolute atomic E-state index is 13.6. The van der Waals surface area contributed by atoms with E-state index in [1.165, 1.54) is 0 Å². The van der Waals surface area contributed by atoms with Crippen LogP contribution in [-0.2, 0) is 38.3 Å². The van der Waals surface area contributed by atoms with Crippen LogP contribution in [0.2, 0.25) is 18.1 Å². The highest BCUT2D eigenvalue weighted by molar-refractivity contribution is 7.72. The van der Waals surface area contributed by atoms with E-state index < -0.39 is 34.9 Å². The van der Waals surface area contributed by atoms with Crippen molar-refractivity contribution in [1.82, 2.24) is 5.32 Å². The highest BCUT2D eigenvalue weighted by Gasteiger charge is 2.52. The Morgan fingerprint density at radius 2 is 1.26 bits per heavy atom. The molecule has 1 N–H and O–H groups in total. The lowest BCUT2D eigenvalue weighted by atomic mass is 10.1. The van der Waals surface area contributed by atoms with Gasteiger partial charge in [-0.3, -0.25) is 13.9 Å². The lowest BCUT2D eigenvalue weighted by molar-refractivity contribution is 0.0938. The van der Waals surface area contributed by atoms with Gasteiger partial charge in [-0.25, -0.2) is 0 Å². The van der Waals surface area contributed by atoms with Crippen molar-refractivity contribution in [3.8, 4) is 0 Å². The molecule has 1 rings (SSSR count). The van der Waals surface area contributed by atoms with Crippen molar-refractivity contribution in [1.29, 1.82) is 0 Å². The fourth-order valence-corrected chi connectivity index (χ4v) is 8.69. The van der Waals surface area contributed by atoms with Gasteiger partial charge in [0.15, 0.2) is 8.32 Å². The Kier molecular flexibility index (Phi) is 12.5. The topological polar surface area (TPSA) is 109 Å². The molecule has 0 saturated carbocycles. The smallest absolute Gasteiger partial charge is 0.365 e. The van der Waals surface area contributed by atoms with Gasteiger partial charge in [0.25, 0.3) is 5.91 Å². The zero-order valence-electron chi connectivity index (χ0n) is 22.6. The monoisotopic (exact) mass is 551 g/mol. The molecule has 0 aliphatic carbocycles. The molecule has 1 amide bonds. The Bertz CT molecular complexity index is 852. The molecular weight excluding hydrogens is 508 g/mol. The van der Waals surface area contributed by atoms with Gasteiger partial charge in [-0.05, 0) is 63.5 Å². The summed E-state index contributed by atoms with van der Waals surface area (Å²) < 4.78 is 55.0. The maximum Gasteiger partial charge on any atom is 0.365 e. The van der Waals surface area contributed by atoms with E-state index in [9.17, 15) is 13.9 Å². The second-order valence-corrected chi connectivity index (χ2v) is 18.8. The van der Waals surface area contributed by atoms with Crippen molar-refractivity contribution < 1.29 is 36.4 Å². The van der Waals surface area contributed by atoms with E-state index in [0.717, 1.165) is 5.56 Å². The van der Waals surface area contributed by atoms with E-state index in [2.05, 4.69) is 39.2 Å². The van der Waals surface area contributed by atoms with Crippen molar-refractivity contribution in [2.24, 2.45) is 0 Å². The van der Waals surface area contributed by atoms with Crippen LogP contribution in [0.3, 0.4) is 0 Å². The molecule has 12 heteroatoms. The molecule has 0 heterocycles. The molecule has 202 valence electrons. The molecule has 0 aliphatic heterocycles. The maximum atomic E-state index is 13.6. The quantitative estimate of drug-likeness (QED) is 0.188. The van der Waals surface area contributed by atoms with Crippen LogP contribution < -0.4 is 5.32 Å². The number of carbonyl (C=O) groups is 1. The first kappa shape index (κ1) is 32.2. The summed E-state index contributed by atoms with van der Waals surface area (Å²) in [5.74, 6) is -0.605. The molecule has 0 aliphatic rings. The van der Waals surface area contributed by atoms with Gasteiger partial charge in [0.2, 0.25) is 5.52 Å². The van der Waals surface area contributed by atoms with E-state index in [1.54, 1.807) is 52.0 Å². The highest BCUT2D eigenvalue weighted by atomic mass is 31.2. The predicted octanol–water partition coefficient (Wildman–Crippen LogP) is 6.75. The summed E-state index contributed by atoms with van der Waals surface area (Å²) in [4.78, 5) is 13.1. The minimum Gasteiger partial charge on any atom is -0.413 e. The van der Waals surface area contributed by atoms with E-state index in [0.29, 0.717) is 6.61 Å².